The zero-order valence-corrected chi connectivity index (χ0v) is 10.9. The maximum atomic E-state index is 13.5. The molecule has 0 spiro atoms. The predicted molar refractivity (Wildman–Crippen MR) is 70.8 cm³/mol. The molecule has 0 bridgehead atoms. The number of nitriles is 1. The van der Waals surface area contributed by atoms with Gasteiger partial charge in [0, 0.05) is 12.1 Å². The normalized spacial score (nSPS) is 9.76. The Morgan fingerprint density at radius 1 is 1.29 bits per heavy atom. The highest BCUT2D eigenvalue weighted by atomic mass is 19.1. The molecule has 0 fully saturated rings. The minimum absolute atomic E-state index is 0.103. The molecule has 0 aliphatic carbocycles. The summed E-state index contributed by atoms with van der Waals surface area (Å²) in [7, 11) is 1.40. The third-order valence-electron chi connectivity index (χ3n) is 2.67. The van der Waals surface area contributed by atoms with Gasteiger partial charge in [-0.25, -0.2) is 4.39 Å². The molecular formula is C14H9FN2O4. The lowest BCUT2D eigenvalue weighted by atomic mass is 10.2. The highest BCUT2D eigenvalue weighted by molar-refractivity contribution is 5.54. The minimum Gasteiger partial charge on any atom is -0.497 e. The summed E-state index contributed by atoms with van der Waals surface area (Å²) in [6.07, 6.45) is 0. The van der Waals surface area contributed by atoms with Crippen molar-refractivity contribution < 1.29 is 18.8 Å². The van der Waals surface area contributed by atoms with Crippen LogP contribution in [-0.4, -0.2) is 12.0 Å². The van der Waals surface area contributed by atoms with E-state index in [0.717, 1.165) is 6.07 Å². The van der Waals surface area contributed by atoms with Gasteiger partial charge in [0.2, 0.25) is 5.75 Å². The smallest absolute Gasteiger partial charge is 0.311 e. The molecule has 0 aromatic heterocycles. The lowest BCUT2D eigenvalue weighted by Crippen LogP contribution is -1.97. The third-order valence-corrected chi connectivity index (χ3v) is 2.67. The van der Waals surface area contributed by atoms with Crippen LogP contribution in [0.1, 0.15) is 5.56 Å². The molecule has 2 rings (SSSR count). The summed E-state index contributed by atoms with van der Waals surface area (Å²) in [5.74, 6) is -0.665. The maximum absolute atomic E-state index is 13.5. The Morgan fingerprint density at radius 3 is 2.67 bits per heavy atom. The van der Waals surface area contributed by atoms with Crippen LogP contribution < -0.4 is 9.47 Å². The van der Waals surface area contributed by atoms with Crippen molar-refractivity contribution in [1.29, 1.82) is 5.26 Å². The molecule has 21 heavy (non-hydrogen) atoms. The fourth-order valence-corrected chi connectivity index (χ4v) is 1.67. The van der Waals surface area contributed by atoms with Crippen LogP contribution in [-0.2, 0) is 0 Å². The number of ether oxygens (including phenoxy) is 2. The number of hydrogen-bond donors (Lipinski definition) is 0. The maximum Gasteiger partial charge on any atom is 0.311 e. The van der Waals surface area contributed by atoms with E-state index >= 15 is 0 Å². The topological polar surface area (TPSA) is 85.4 Å². The van der Waals surface area contributed by atoms with Gasteiger partial charge in [0.25, 0.3) is 0 Å². The average Bonchev–Trinajstić information content (AvgIpc) is 2.47. The Kier molecular flexibility index (Phi) is 4.00. The summed E-state index contributed by atoms with van der Waals surface area (Å²) in [6.45, 7) is 0. The van der Waals surface area contributed by atoms with Crippen LogP contribution in [0.15, 0.2) is 36.4 Å². The van der Waals surface area contributed by atoms with E-state index in [4.69, 9.17) is 14.7 Å². The second-order valence-corrected chi connectivity index (χ2v) is 3.92. The number of methoxy groups -OCH3 is 1. The first-order chi connectivity index (χ1) is 10.1. The second kappa shape index (κ2) is 5.88. The number of nitro benzene ring substituents is 1. The van der Waals surface area contributed by atoms with Crippen molar-refractivity contribution in [3.8, 4) is 23.3 Å². The molecule has 0 heterocycles. The van der Waals surface area contributed by atoms with Gasteiger partial charge in [-0.15, -0.1) is 0 Å². The standard InChI is InChI=1S/C14H9FN2O4/c1-20-9-5-6-12(17(18)19)14(7-9)21-13-4-2-3-11(15)10(13)8-16/h2-7H,1H3. The summed E-state index contributed by atoms with van der Waals surface area (Å²) >= 11 is 0. The molecule has 0 aliphatic rings. The van der Waals surface area contributed by atoms with Crippen LogP contribution in [0.4, 0.5) is 10.1 Å². The average molecular weight is 288 g/mol. The van der Waals surface area contributed by atoms with Crippen molar-refractivity contribution in [3.63, 3.8) is 0 Å². The Morgan fingerprint density at radius 2 is 2.05 bits per heavy atom. The van der Waals surface area contributed by atoms with Crippen LogP contribution in [0.3, 0.4) is 0 Å². The fourth-order valence-electron chi connectivity index (χ4n) is 1.67. The summed E-state index contributed by atoms with van der Waals surface area (Å²) < 4.78 is 23.8. The number of hydrogen-bond acceptors (Lipinski definition) is 5. The van der Waals surface area contributed by atoms with E-state index in [0.29, 0.717) is 5.75 Å². The molecule has 2 aromatic carbocycles. The summed E-state index contributed by atoms with van der Waals surface area (Å²) in [4.78, 5) is 10.3. The van der Waals surface area contributed by atoms with E-state index in [1.165, 1.54) is 37.4 Å². The van der Waals surface area contributed by atoms with Gasteiger partial charge in [-0.05, 0) is 18.2 Å². The van der Waals surface area contributed by atoms with Gasteiger partial charge in [-0.3, -0.25) is 10.1 Å². The summed E-state index contributed by atoms with van der Waals surface area (Å²) in [5, 5.41) is 19.9. The molecule has 6 nitrogen and oxygen atoms in total. The molecule has 0 saturated carbocycles. The van der Waals surface area contributed by atoms with Gasteiger partial charge >= 0.3 is 5.69 Å². The van der Waals surface area contributed by atoms with Crippen LogP contribution in [0.2, 0.25) is 0 Å². The highest BCUT2D eigenvalue weighted by Crippen LogP contribution is 2.36. The van der Waals surface area contributed by atoms with Crippen molar-refractivity contribution >= 4 is 5.69 Å². The molecule has 0 atom stereocenters. The monoisotopic (exact) mass is 288 g/mol. The van der Waals surface area contributed by atoms with E-state index in [-0.39, 0.29) is 22.7 Å². The largest absolute Gasteiger partial charge is 0.497 e. The first-order valence-electron chi connectivity index (χ1n) is 5.75. The number of rotatable bonds is 4. The molecule has 0 N–H and O–H groups in total. The van der Waals surface area contributed by atoms with Crippen LogP contribution in [0, 0.1) is 27.3 Å². The van der Waals surface area contributed by atoms with Crippen LogP contribution >= 0.6 is 0 Å². The van der Waals surface area contributed by atoms with Crippen molar-refractivity contribution in [1.82, 2.24) is 0 Å². The lowest BCUT2D eigenvalue weighted by molar-refractivity contribution is -0.385. The minimum atomic E-state index is -0.763. The van der Waals surface area contributed by atoms with E-state index in [9.17, 15) is 14.5 Å². The van der Waals surface area contributed by atoms with Gasteiger partial charge in [-0.1, -0.05) is 6.07 Å². The van der Waals surface area contributed by atoms with Gasteiger partial charge in [0.05, 0.1) is 12.0 Å². The third kappa shape index (κ3) is 2.90. The number of benzene rings is 2. The van der Waals surface area contributed by atoms with Crippen molar-refractivity contribution in [3.05, 3.63) is 57.9 Å². The van der Waals surface area contributed by atoms with Crippen LogP contribution in [0.25, 0.3) is 0 Å². The van der Waals surface area contributed by atoms with E-state index in [2.05, 4.69) is 0 Å². The van der Waals surface area contributed by atoms with Gasteiger partial charge in [0.1, 0.15) is 28.9 Å². The SMILES string of the molecule is COc1ccc([N+](=O)[O-])c(Oc2cccc(F)c2C#N)c1. The van der Waals surface area contributed by atoms with Crippen LogP contribution in [0.5, 0.6) is 17.2 Å². The first-order valence-corrected chi connectivity index (χ1v) is 5.75. The second-order valence-electron chi connectivity index (χ2n) is 3.92. The molecule has 0 radical (unpaired) electrons. The van der Waals surface area contributed by atoms with Crippen molar-refractivity contribution in [2.24, 2.45) is 0 Å². The first kappa shape index (κ1) is 14.3. The van der Waals surface area contributed by atoms with E-state index in [1.807, 2.05) is 0 Å². The predicted octanol–water partition coefficient (Wildman–Crippen LogP) is 3.41. The Bertz CT molecular complexity index is 740. The van der Waals surface area contributed by atoms with Gasteiger partial charge in [-0.2, -0.15) is 5.26 Å². The van der Waals surface area contributed by atoms with Crippen molar-refractivity contribution in [2.45, 2.75) is 0 Å². The molecular weight excluding hydrogens is 279 g/mol. The highest BCUT2D eigenvalue weighted by Gasteiger charge is 2.19. The molecule has 106 valence electrons. The summed E-state index contributed by atoms with van der Waals surface area (Å²) in [5.41, 5.74) is -0.640. The quantitative estimate of drug-likeness (QED) is 0.635. The number of halogens is 1. The van der Waals surface area contributed by atoms with Gasteiger partial charge in [0.15, 0.2) is 0 Å². The van der Waals surface area contributed by atoms with Gasteiger partial charge < -0.3 is 9.47 Å². The molecule has 2 aromatic rings. The molecule has 0 unspecified atom stereocenters. The molecule has 7 heteroatoms. The van der Waals surface area contributed by atoms with E-state index < -0.39 is 10.7 Å². The number of nitro groups is 1. The zero-order valence-electron chi connectivity index (χ0n) is 10.9. The Balaban J connectivity index is 2.51. The Labute approximate surface area is 119 Å². The van der Waals surface area contributed by atoms with E-state index in [1.54, 1.807) is 6.07 Å². The Hall–Kier alpha value is -3.14. The molecule has 0 saturated heterocycles. The molecule has 0 aliphatic heterocycles. The van der Waals surface area contributed by atoms with Crippen molar-refractivity contribution in [2.75, 3.05) is 7.11 Å². The lowest BCUT2D eigenvalue weighted by Gasteiger charge is -2.09. The zero-order chi connectivity index (χ0) is 15.4. The molecule has 0 amide bonds. The summed E-state index contributed by atoms with van der Waals surface area (Å²) in [6, 6.07) is 9.37. The number of nitrogens with zero attached hydrogens (tertiary/aromatic N) is 2. The fraction of sp³-hybridized carbons (Fsp3) is 0.0714.